The van der Waals surface area contributed by atoms with E-state index >= 15 is 0 Å². The van der Waals surface area contributed by atoms with Crippen molar-refractivity contribution in [1.82, 2.24) is 25.5 Å². The van der Waals surface area contributed by atoms with Gasteiger partial charge < -0.3 is 10.3 Å². The Balaban J connectivity index is 1.61. The zero-order chi connectivity index (χ0) is 21.7. The highest BCUT2D eigenvalue weighted by Gasteiger charge is 2.49. The molecule has 1 aliphatic rings. The molecule has 1 saturated carbocycles. The van der Waals surface area contributed by atoms with Gasteiger partial charge in [0.1, 0.15) is 23.7 Å². The number of halogens is 4. The Morgan fingerprint density at radius 3 is 2.57 bits per heavy atom. The molecule has 3 N–H and O–H groups in total. The van der Waals surface area contributed by atoms with Crippen molar-refractivity contribution in [3.63, 3.8) is 0 Å². The van der Waals surface area contributed by atoms with Crippen LogP contribution < -0.4 is 5.32 Å². The molecule has 2 aromatic heterocycles. The lowest BCUT2D eigenvalue weighted by Gasteiger charge is -2.18. The number of aromatic amines is 2. The maximum atomic E-state index is 14.6. The van der Waals surface area contributed by atoms with Gasteiger partial charge in [-0.05, 0) is 55.5 Å². The van der Waals surface area contributed by atoms with Crippen LogP contribution in [0.25, 0.3) is 0 Å². The van der Waals surface area contributed by atoms with Gasteiger partial charge >= 0.3 is 6.18 Å². The lowest BCUT2D eigenvalue weighted by molar-refractivity contribution is -0.137. The molecule has 10 heteroatoms. The first-order valence-corrected chi connectivity index (χ1v) is 9.35. The predicted molar refractivity (Wildman–Crippen MR) is 99.2 cm³/mol. The van der Waals surface area contributed by atoms with Crippen LogP contribution in [0.4, 0.5) is 17.6 Å². The summed E-state index contributed by atoms with van der Waals surface area (Å²) >= 11 is 0. The van der Waals surface area contributed by atoms with Crippen molar-refractivity contribution in [2.75, 3.05) is 0 Å². The van der Waals surface area contributed by atoms with Gasteiger partial charge in [-0.25, -0.2) is 9.37 Å². The minimum absolute atomic E-state index is 0.208. The third kappa shape index (κ3) is 3.35. The van der Waals surface area contributed by atoms with Crippen LogP contribution in [-0.2, 0) is 11.6 Å². The Bertz CT molecular complexity index is 1080. The zero-order valence-corrected chi connectivity index (χ0v) is 16.2. The minimum atomic E-state index is -4.61. The van der Waals surface area contributed by atoms with E-state index in [1.54, 1.807) is 20.0 Å². The second-order valence-corrected chi connectivity index (χ2v) is 7.54. The summed E-state index contributed by atoms with van der Waals surface area (Å²) in [6, 6.07) is 2.22. The van der Waals surface area contributed by atoms with Gasteiger partial charge in [0.15, 0.2) is 0 Å². The number of H-pyrrole nitrogens is 2. The average Bonchev–Trinajstić information content (AvgIpc) is 3.10. The fourth-order valence-corrected chi connectivity index (χ4v) is 3.88. The first-order valence-electron chi connectivity index (χ1n) is 9.35. The third-order valence-electron chi connectivity index (χ3n) is 5.64. The maximum Gasteiger partial charge on any atom is 0.416 e. The van der Waals surface area contributed by atoms with Gasteiger partial charge in [0.25, 0.3) is 5.91 Å². The number of alkyl halides is 3. The Morgan fingerprint density at radius 1 is 1.27 bits per heavy atom. The molecular weight excluding hydrogens is 402 g/mol. The molecule has 2 heterocycles. The van der Waals surface area contributed by atoms with Crippen molar-refractivity contribution in [3.05, 3.63) is 70.3 Å². The normalized spacial score (nSPS) is 16.3. The van der Waals surface area contributed by atoms with Crippen LogP contribution >= 0.6 is 0 Å². The molecule has 0 bridgehead atoms. The quantitative estimate of drug-likeness (QED) is 0.541. The predicted octanol–water partition coefficient (Wildman–Crippen LogP) is 4.17. The Kier molecular flexibility index (Phi) is 4.67. The van der Waals surface area contributed by atoms with Gasteiger partial charge in [-0.2, -0.15) is 18.3 Å². The number of hydrogen-bond acceptors (Lipinski definition) is 3. The highest BCUT2D eigenvalue weighted by molar-refractivity contribution is 5.94. The lowest BCUT2D eigenvalue weighted by Crippen LogP contribution is -2.28. The van der Waals surface area contributed by atoms with Crippen molar-refractivity contribution in [1.29, 1.82) is 0 Å². The van der Waals surface area contributed by atoms with Crippen LogP contribution in [0.1, 0.15) is 64.4 Å². The van der Waals surface area contributed by atoms with Crippen LogP contribution in [-0.4, -0.2) is 26.1 Å². The number of amides is 1. The number of hydrogen-bond donors (Lipinski definition) is 3. The minimum Gasteiger partial charge on any atom is -0.357 e. The highest BCUT2D eigenvalue weighted by Crippen LogP contribution is 2.55. The monoisotopic (exact) mass is 421 g/mol. The van der Waals surface area contributed by atoms with Gasteiger partial charge in [0.2, 0.25) is 0 Å². The Morgan fingerprint density at radius 2 is 2.00 bits per heavy atom. The molecule has 1 amide bonds. The summed E-state index contributed by atoms with van der Waals surface area (Å²) in [5.41, 5.74) is 0.109. The van der Waals surface area contributed by atoms with E-state index in [9.17, 15) is 22.4 Å². The zero-order valence-electron chi connectivity index (χ0n) is 16.2. The number of aromatic nitrogens is 4. The van der Waals surface area contributed by atoms with Gasteiger partial charge in [-0.15, -0.1) is 0 Å². The second kappa shape index (κ2) is 6.96. The maximum absolute atomic E-state index is 14.6. The molecule has 3 aromatic rings. The van der Waals surface area contributed by atoms with Crippen LogP contribution in [0.2, 0.25) is 0 Å². The number of nitrogens with zero attached hydrogens (tertiary/aromatic N) is 2. The number of benzene rings is 1. The van der Waals surface area contributed by atoms with Crippen molar-refractivity contribution in [2.24, 2.45) is 0 Å². The average molecular weight is 421 g/mol. The molecule has 0 spiro atoms. The summed E-state index contributed by atoms with van der Waals surface area (Å²) in [5.74, 6) is -0.766. The van der Waals surface area contributed by atoms with E-state index in [2.05, 4.69) is 25.5 Å². The first kappa shape index (κ1) is 20.1. The molecule has 6 nitrogen and oxygen atoms in total. The SMILES string of the molecule is Cc1c(C2(c3ccc(C(F)(F)F)cc3F)CC2)c[nH]c1C(=O)NC(C)c1ncn[nH]1. The van der Waals surface area contributed by atoms with Crippen molar-refractivity contribution < 1.29 is 22.4 Å². The summed E-state index contributed by atoms with van der Waals surface area (Å²) in [7, 11) is 0. The smallest absolute Gasteiger partial charge is 0.357 e. The topological polar surface area (TPSA) is 86.5 Å². The summed E-state index contributed by atoms with van der Waals surface area (Å²) in [4.78, 5) is 19.6. The van der Waals surface area contributed by atoms with Gasteiger partial charge in [-0.3, -0.25) is 9.89 Å². The van der Waals surface area contributed by atoms with Crippen molar-refractivity contribution >= 4 is 5.91 Å². The van der Waals surface area contributed by atoms with E-state index in [0.717, 1.165) is 6.07 Å². The van der Waals surface area contributed by atoms with Crippen LogP contribution in [0, 0.1) is 12.7 Å². The molecule has 1 fully saturated rings. The van der Waals surface area contributed by atoms with Crippen molar-refractivity contribution in [3.8, 4) is 0 Å². The highest BCUT2D eigenvalue weighted by atomic mass is 19.4. The Labute approximate surface area is 169 Å². The molecule has 1 aliphatic carbocycles. The van der Waals surface area contributed by atoms with E-state index in [1.165, 1.54) is 12.4 Å². The van der Waals surface area contributed by atoms with E-state index in [1.807, 2.05) is 0 Å². The van der Waals surface area contributed by atoms with E-state index in [0.29, 0.717) is 41.6 Å². The number of carbonyl (C=O) groups is 1. The molecule has 1 aromatic carbocycles. The molecule has 4 rings (SSSR count). The molecule has 0 aliphatic heterocycles. The second-order valence-electron chi connectivity index (χ2n) is 7.54. The standard InChI is InChI=1S/C20H19F4N5O/c1-10-14(8-25-16(10)18(30)28-11(2)17-26-9-27-29-17)19(5-6-19)13-4-3-12(7-15(13)21)20(22,23)24/h3-4,7-9,11,25H,5-6H2,1-2H3,(H,28,30)(H,26,27,29). The van der Waals surface area contributed by atoms with Gasteiger partial charge in [-0.1, -0.05) is 6.07 Å². The summed E-state index contributed by atoms with van der Waals surface area (Å²) in [6.45, 7) is 3.49. The Hall–Kier alpha value is -3.17. The number of rotatable bonds is 5. The fourth-order valence-electron chi connectivity index (χ4n) is 3.88. The molecular formula is C20H19F4N5O. The number of nitrogens with one attached hydrogen (secondary N) is 3. The molecule has 30 heavy (non-hydrogen) atoms. The van der Waals surface area contributed by atoms with Crippen LogP contribution in [0.15, 0.2) is 30.7 Å². The molecule has 0 radical (unpaired) electrons. The molecule has 0 saturated heterocycles. The summed E-state index contributed by atoms with van der Waals surface area (Å²) in [5, 5.41) is 9.23. The summed E-state index contributed by atoms with van der Waals surface area (Å²) < 4.78 is 53.2. The fraction of sp³-hybridized carbons (Fsp3) is 0.350. The van der Waals surface area contributed by atoms with Crippen LogP contribution in [0.5, 0.6) is 0 Å². The molecule has 158 valence electrons. The van der Waals surface area contributed by atoms with Crippen molar-refractivity contribution in [2.45, 2.75) is 44.3 Å². The third-order valence-corrected chi connectivity index (χ3v) is 5.64. The summed E-state index contributed by atoms with van der Waals surface area (Å²) in [6.07, 6.45) is -0.461. The van der Waals surface area contributed by atoms with E-state index in [4.69, 9.17) is 0 Å². The van der Waals surface area contributed by atoms with Gasteiger partial charge in [0.05, 0.1) is 11.6 Å². The first-order chi connectivity index (χ1) is 14.1. The van der Waals surface area contributed by atoms with Gasteiger partial charge in [0, 0.05) is 11.6 Å². The molecule has 1 unspecified atom stereocenters. The molecule has 1 atom stereocenters. The van der Waals surface area contributed by atoms with E-state index in [-0.39, 0.29) is 11.5 Å². The van der Waals surface area contributed by atoms with Crippen LogP contribution in [0.3, 0.4) is 0 Å². The van der Waals surface area contributed by atoms with E-state index < -0.39 is 29.0 Å². The largest absolute Gasteiger partial charge is 0.416 e. The lowest BCUT2D eigenvalue weighted by atomic mass is 9.86. The number of carbonyl (C=O) groups excluding carboxylic acids is 1.